The van der Waals surface area contributed by atoms with Gasteiger partial charge in [-0.1, -0.05) is 153 Å². The Kier molecular flexibility index (Phi) is 7.22. The van der Waals surface area contributed by atoms with Crippen LogP contribution < -0.4 is 16.0 Å². The molecule has 0 amide bonds. The van der Waals surface area contributed by atoms with Gasteiger partial charge in [0.2, 0.25) is 0 Å². The number of aromatic nitrogens is 2. The molecule has 10 aromatic rings. The van der Waals surface area contributed by atoms with Crippen molar-refractivity contribution >= 4 is 89.6 Å². The van der Waals surface area contributed by atoms with Crippen LogP contribution in [0, 0.1) is 0 Å². The molecule has 0 fully saturated rings. The Morgan fingerprint density at radius 1 is 0.459 bits per heavy atom. The van der Waals surface area contributed by atoms with E-state index in [1.165, 1.54) is 82.6 Å². The number of furan rings is 1. The van der Waals surface area contributed by atoms with Gasteiger partial charge in [0.25, 0.3) is 0 Å². The standard InChI is InChI=1S/C56H50BN3O/c1-54(2,3)33-22-25-37(26-23-33)59-46-32-35(56(7,8)9)31-43-40-20-15-19-39-42-28-27-41-38-18-13-14-21-45(38)58(36-16-11-10-12-17-36)50(41)51(42)60(49(39)40)57(48(43)46)53-52(59)44-30-34(55(4,5)6)24-29-47(44)61-53/h10-32H,1-9H3. The summed E-state index contributed by atoms with van der Waals surface area (Å²) >= 11 is 0. The van der Waals surface area contributed by atoms with Gasteiger partial charge in [-0.2, -0.15) is 0 Å². The predicted molar refractivity (Wildman–Crippen MR) is 260 cm³/mol. The molecule has 0 saturated carbocycles. The van der Waals surface area contributed by atoms with Gasteiger partial charge in [0, 0.05) is 55.1 Å². The minimum atomic E-state index is -0.229. The Hall–Kier alpha value is -6.46. The van der Waals surface area contributed by atoms with Crippen LogP contribution in [-0.2, 0) is 16.2 Å². The van der Waals surface area contributed by atoms with Crippen molar-refractivity contribution in [2.75, 3.05) is 4.90 Å². The fourth-order valence-corrected chi connectivity index (χ4v) is 10.6. The van der Waals surface area contributed by atoms with Crippen LogP contribution in [0.15, 0.2) is 144 Å². The van der Waals surface area contributed by atoms with Crippen LogP contribution in [0.3, 0.4) is 0 Å². The Morgan fingerprint density at radius 2 is 1.10 bits per heavy atom. The van der Waals surface area contributed by atoms with Crippen LogP contribution in [0.4, 0.5) is 17.1 Å². The summed E-state index contributed by atoms with van der Waals surface area (Å²) < 4.78 is 12.6. The number of nitrogens with zero attached hydrogens (tertiary/aromatic N) is 3. The maximum Gasteiger partial charge on any atom is 0.376 e. The van der Waals surface area contributed by atoms with Crippen molar-refractivity contribution < 1.29 is 4.42 Å². The van der Waals surface area contributed by atoms with Crippen LogP contribution >= 0.6 is 0 Å². The number of hydrogen-bond acceptors (Lipinski definition) is 2. The molecule has 0 atom stereocenters. The third-order valence-corrected chi connectivity index (χ3v) is 13.7. The number of anilines is 3. The maximum absolute atomic E-state index is 7.42. The Labute approximate surface area is 358 Å². The average Bonchev–Trinajstić information content (AvgIpc) is 3.90. The van der Waals surface area contributed by atoms with Gasteiger partial charge in [0.15, 0.2) is 0 Å². The second-order valence-corrected chi connectivity index (χ2v) is 20.6. The summed E-state index contributed by atoms with van der Waals surface area (Å²) in [4.78, 5) is 2.54. The Bertz CT molecular complexity index is 3470. The highest BCUT2D eigenvalue weighted by atomic mass is 16.3. The lowest BCUT2D eigenvalue weighted by atomic mass is 9.47. The fraction of sp³-hybridized carbons (Fsp3) is 0.214. The van der Waals surface area contributed by atoms with Gasteiger partial charge in [-0.05, 0) is 92.5 Å². The maximum atomic E-state index is 7.42. The molecule has 0 bridgehead atoms. The van der Waals surface area contributed by atoms with E-state index in [0.717, 1.165) is 33.7 Å². The van der Waals surface area contributed by atoms with E-state index in [-0.39, 0.29) is 23.1 Å². The molecule has 0 spiro atoms. The highest BCUT2D eigenvalue weighted by Crippen LogP contribution is 2.51. The largest absolute Gasteiger partial charge is 0.466 e. The molecule has 61 heavy (non-hydrogen) atoms. The van der Waals surface area contributed by atoms with Crippen molar-refractivity contribution in [3.05, 3.63) is 156 Å². The topological polar surface area (TPSA) is 26.2 Å². The summed E-state index contributed by atoms with van der Waals surface area (Å²) in [6.45, 7) is 20.6. The van der Waals surface area contributed by atoms with Crippen LogP contribution in [0.2, 0.25) is 0 Å². The summed E-state index contributed by atoms with van der Waals surface area (Å²) in [6.07, 6.45) is 0. The van der Waals surface area contributed by atoms with Crippen molar-refractivity contribution in [2.45, 2.75) is 78.6 Å². The van der Waals surface area contributed by atoms with Crippen LogP contribution in [0.5, 0.6) is 0 Å². The van der Waals surface area contributed by atoms with Crippen LogP contribution in [0.1, 0.15) is 79.0 Å². The molecule has 2 aliphatic heterocycles. The van der Waals surface area contributed by atoms with Gasteiger partial charge < -0.3 is 18.4 Å². The second-order valence-electron chi connectivity index (χ2n) is 20.6. The first-order valence-electron chi connectivity index (χ1n) is 21.9. The smallest absolute Gasteiger partial charge is 0.376 e. The van der Waals surface area contributed by atoms with E-state index in [0.29, 0.717) is 0 Å². The van der Waals surface area contributed by atoms with Crippen molar-refractivity contribution in [3.8, 4) is 16.8 Å². The number of para-hydroxylation sites is 3. The van der Waals surface area contributed by atoms with E-state index in [2.05, 4.69) is 216 Å². The van der Waals surface area contributed by atoms with Crippen LogP contribution in [-0.4, -0.2) is 15.9 Å². The summed E-state index contributed by atoms with van der Waals surface area (Å²) in [5.41, 5.74) is 19.1. The molecule has 3 aromatic heterocycles. The predicted octanol–water partition coefficient (Wildman–Crippen LogP) is 13.9. The van der Waals surface area contributed by atoms with Gasteiger partial charge >= 0.3 is 6.85 Å². The quantitative estimate of drug-likeness (QED) is 0.163. The second kappa shape index (κ2) is 12.1. The van der Waals surface area contributed by atoms with E-state index < -0.39 is 0 Å². The fourth-order valence-electron chi connectivity index (χ4n) is 10.6. The van der Waals surface area contributed by atoms with Gasteiger partial charge in [0.1, 0.15) is 11.2 Å². The van der Waals surface area contributed by atoms with E-state index >= 15 is 0 Å². The minimum Gasteiger partial charge on any atom is -0.466 e. The number of benzene rings is 7. The number of fused-ring (bicyclic) bond motifs is 13. The molecular weight excluding hydrogens is 741 g/mol. The average molecular weight is 792 g/mol. The molecule has 0 saturated heterocycles. The van der Waals surface area contributed by atoms with E-state index in [4.69, 9.17) is 4.42 Å². The molecular formula is C56H50BN3O. The Balaban J connectivity index is 1.29. The third kappa shape index (κ3) is 5.01. The first-order valence-corrected chi connectivity index (χ1v) is 21.9. The zero-order chi connectivity index (χ0) is 41.9. The monoisotopic (exact) mass is 791 g/mol. The molecule has 7 aromatic carbocycles. The molecule has 4 nitrogen and oxygen atoms in total. The minimum absolute atomic E-state index is 0.0318. The molecule has 5 heteroatoms. The third-order valence-electron chi connectivity index (χ3n) is 13.7. The highest BCUT2D eigenvalue weighted by Gasteiger charge is 2.47. The van der Waals surface area contributed by atoms with Gasteiger partial charge in [-0.3, -0.25) is 0 Å². The van der Waals surface area contributed by atoms with Crippen molar-refractivity contribution in [1.82, 2.24) is 9.05 Å². The molecule has 298 valence electrons. The molecule has 12 rings (SSSR count). The van der Waals surface area contributed by atoms with Crippen molar-refractivity contribution in [3.63, 3.8) is 0 Å². The van der Waals surface area contributed by atoms with Gasteiger partial charge in [-0.25, -0.2) is 0 Å². The number of rotatable bonds is 2. The van der Waals surface area contributed by atoms with E-state index in [9.17, 15) is 0 Å². The molecule has 0 radical (unpaired) electrons. The summed E-state index contributed by atoms with van der Waals surface area (Å²) in [7, 11) is 0. The molecule has 5 heterocycles. The first-order chi connectivity index (χ1) is 29.2. The normalized spacial score (nSPS) is 13.9. The molecule has 0 aliphatic carbocycles. The molecule has 2 aliphatic rings. The summed E-state index contributed by atoms with van der Waals surface area (Å²) in [6, 6.07) is 52.6. The summed E-state index contributed by atoms with van der Waals surface area (Å²) in [5.74, 6) is 0. The lowest BCUT2D eigenvalue weighted by molar-refractivity contribution is 0.590. The zero-order valence-electron chi connectivity index (χ0n) is 36.6. The van der Waals surface area contributed by atoms with E-state index in [1.54, 1.807) is 0 Å². The molecule has 0 unspecified atom stereocenters. The van der Waals surface area contributed by atoms with Gasteiger partial charge in [-0.15, -0.1) is 0 Å². The lowest BCUT2D eigenvalue weighted by Crippen LogP contribution is -2.56. The highest BCUT2D eigenvalue weighted by molar-refractivity contribution is 6.89. The molecule has 0 N–H and O–H groups in total. The number of hydrogen-bond donors (Lipinski definition) is 0. The first kappa shape index (κ1) is 36.4. The lowest BCUT2D eigenvalue weighted by Gasteiger charge is -2.39. The zero-order valence-corrected chi connectivity index (χ0v) is 36.6. The van der Waals surface area contributed by atoms with E-state index in [1.807, 2.05) is 0 Å². The Morgan fingerprint density at radius 3 is 1.82 bits per heavy atom. The van der Waals surface area contributed by atoms with Crippen molar-refractivity contribution in [1.29, 1.82) is 0 Å². The summed E-state index contributed by atoms with van der Waals surface area (Å²) in [5, 5.41) is 6.16. The van der Waals surface area contributed by atoms with Crippen LogP contribution in [0.25, 0.3) is 71.4 Å². The SMILES string of the molecule is CC(C)(C)c1ccc(N2c3cc(C(C)(C)C)cc4c3B(c3oc5ccc(C(C)(C)C)cc5c32)n2c3c-4cccc3c3ccc4c5ccccc5n(-c5ccccc5)c4c32)cc1. The van der Waals surface area contributed by atoms with Gasteiger partial charge in [0.05, 0.1) is 22.2 Å². The van der Waals surface area contributed by atoms with Crippen molar-refractivity contribution in [2.24, 2.45) is 0 Å².